The third-order valence-electron chi connectivity index (χ3n) is 2.92. The average Bonchev–Trinajstić information content (AvgIpc) is 2.55. The number of allylic oxidation sites excluding steroid dienone is 1. The molecule has 1 unspecified atom stereocenters. The van der Waals surface area contributed by atoms with Crippen LogP contribution in [0.1, 0.15) is 19.4 Å². The average molecular weight is 320 g/mol. The van der Waals surface area contributed by atoms with Gasteiger partial charge in [0.2, 0.25) is 0 Å². The predicted molar refractivity (Wildman–Crippen MR) is 88.1 cm³/mol. The van der Waals surface area contributed by atoms with Crippen molar-refractivity contribution >= 4 is 5.97 Å². The SMILES string of the molecule is C=C(OCC)C(/C=C/C)OC(=O)COCc1ccc(OC)cc1. The van der Waals surface area contributed by atoms with Gasteiger partial charge >= 0.3 is 5.97 Å². The Labute approximate surface area is 137 Å². The molecule has 0 fully saturated rings. The number of methoxy groups -OCH3 is 1. The quantitative estimate of drug-likeness (QED) is 0.376. The fourth-order valence-corrected chi connectivity index (χ4v) is 1.80. The van der Waals surface area contributed by atoms with Crippen LogP contribution in [0.25, 0.3) is 0 Å². The Bertz CT molecular complexity index is 519. The van der Waals surface area contributed by atoms with E-state index in [9.17, 15) is 4.79 Å². The Balaban J connectivity index is 2.40. The highest BCUT2D eigenvalue weighted by molar-refractivity contribution is 5.71. The van der Waals surface area contributed by atoms with Crippen molar-refractivity contribution in [1.82, 2.24) is 0 Å². The molecule has 0 bridgehead atoms. The molecule has 126 valence electrons. The molecule has 0 saturated heterocycles. The van der Waals surface area contributed by atoms with E-state index in [1.165, 1.54) is 0 Å². The zero-order valence-electron chi connectivity index (χ0n) is 13.9. The second-order valence-electron chi connectivity index (χ2n) is 4.68. The monoisotopic (exact) mass is 320 g/mol. The largest absolute Gasteiger partial charge is 0.497 e. The molecule has 0 aliphatic heterocycles. The third-order valence-corrected chi connectivity index (χ3v) is 2.92. The van der Waals surface area contributed by atoms with Crippen molar-refractivity contribution in [2.75, 3.05) is 20.3 Å². The summed E-state index contributed by atoms with van der Waals surface area (Å²) in [4.78, 5) is 11.8. The summed E-state index contributed by atoms with van der Waals surface area (Å²) < 4.78 is 21.0. The van der Waals surface area contributed by atoms with E-state index < -0.39 is 12.1 Å². The molecule has 0 aliphatic rings. The number of benzene rings is 1. The lowest BCUT2D eigenvalue weighted by Crippen LogP contribution is -2.22. The van der Waals surface area contributed by atoms with E-state index in [4.69, 9.17) is 18.9 Å². The van der Waals surface area contributed by atoms with Gasteiger partial charge in [-0.25, -0.2) is 4.79 Å². The minimum Gasteiger partial charge on any atom is -0.497 e. The summed E-state index contributed by atoms with van der Waals surface area (Å²) >= 11 is 0. The highest BCUT2D eigenvalue weighted by atomic mass is 16.6. The summed E-state index contributed by atoms with van der Waals surface area (Å²) in [7, 11) is 1.61. The van der Waals surface area contributed by atoms with Gasteiger partial charge in [-0.1, -0.05) is 24.8 Å². The van der Waals surface area contributed by atoms with Crippen LogP contribution in [-0.2, 0) is 25.6 Å². The molecule has 0 spiro atoms. The number of rotatable bonds is 10. The molecule has 1 rings (SSSR count). The van der Waals surface area contributed by atoms with Crippen LogP contribution in [-0.4, -0.2) is 32.4 Å². The van der Waals surface area contributed by atoms with Crippen molar-refractivity contribution in [3.05, 3.63) is 54.3 Å². The van der Waals surface area contributed by atoms with Gasteiger partial charge in [-0.05, 0) is 37.6 Å². The van der Waals surface area contributed by atoms with Crippen LogP contribution in [0.3, 0.4) is 0 Å². The van der Waals surface area contributed by atoms with E-state index in [2.05, 4.69) is 6.58 Å². The molecule has 0 saturated carbocycles. The maximum atomic E-state index is 11.8. The minimum atomic E-state index is -0.600. The van der Waals surface area contributed by atoms with Gasteiger partial charge in [0.1, 0.15) is 18.1 Å². The lowest BCUT2D eigenvalue weighted by Gasteiger charge is -2.17. The molecule has 5 nitrogen and oxygen atoms in total. The molecule has 1 atom stereocenters. The van der Waals surface area contributed by atoms with Gasteiger partial charge < -0.3 is 18.9 Å². The van der Waals surface area contributed by atoms with Gasteiger partial charge in [0.25, 0.3) is 0 Å². The topological polar surface area (TPSA) is 54.0 Å². The van der Waals surface area contributed by atoms with Gasteiger partial charge in [-0.3, -0.25) is 0 Å². The van der Waals surface area contributed by atoms with Crippen molar-refractivity contribution in [2.24, 2.45) is 0 Å². The van der Waals surface area contributed by atoms with E-state index in [0.717, 1.165) is 11.3 Å². The number of carbonyl (C=O) groups is 1. The lowest BCUT2D eigenvalue weighted by molar-refractivity contribution is -0.152. The minimum absolute atomic E-state index is 0.139. The van der Waals surface area contributed by atoms with Gasteiger partial charge in [0, 0.05) is 0 Å². The van der Waals surface area contributed by atoms with E-state index in [0.29, 0.717) is 19.0 Å². The maximum absolute atomic E-state index is 11.8. The first-order valence-electron chi connectivity index (χ1n) is 7.45. The number of hydrogen-bond donors (Lipinski definition) is 0. The first-order valence-corrected chi connectivity index (χ1v) is 7.45. The first kappa shape index (κ1) is 18.8. The molecule has 0 aliphatic carbocycles. The smallest absolute Gasteiger partial charge is 0.333 e. The Kier molecular flexibility index (Phi) is 8.54. The Morgan fingerprint density at radius 1 is 1.30 bits per heavy atom. The van der Waals surface area contributed by atoms with Crippen molar-refractivity contribution in [2.45, 2.75) is 26.6 Å². The lowest BCUT2D eigenvalue weighted by atomic mass is 10.2. The van der Waals surface area contributed by atoms with Crippen molar-refractivity contribution < 1.29 is 23.7 Å². The summed E-state index contributed by atoms with van der Waals surface area (Å²) in [6.07, 6.45) is 2.89. The number of carbonyl (C=O) groups excluding carboxylic acids is 1. The molecule has 0 N–H and O–H groups in total. The second-order valence-corrected chi connectivity index (χ2v) is 4.68. The molecule has 5 heteroatoms. The third kappa shape index (κ3) is 7.02. The first-order chi connectivity index (χ1) is 11.1. The molecular formula is C18H24O5. The number of esters is 1. The molecule has 0 radical (unpaired) electrons. The van der Waals surface area contributed by atoms with E-state index in [-0.39, 0.29) is 6.61 Å². The van der Waals surface area contributed by atoms with E-state index in [1.54, 1.807) is 19.3 Å². The Hall–Kier alpha value is -2.27. The van der Waals surface area contributed by atoms with Crippen LogP contribution in [0.4, 0.5) is 0 Å². The number of ether oxygens (including phenoxy) is 4. The summed E-state index contributed by atoms with van der Waals surface area (Å²) in [5, 5.41) is 0. The molecule has 1 aromatic rings. The predicted octanol–water partition coefficient (Wildman–Crippen LogP) is 3.25. The van der Waals surface area contributed by atoms with Gasteiger partial charge in [-0.15, -0.1) is 0 Å². The van der Waals surface area contributed by atoms with Crippen LogP contribution in [0, 0.1) is 0 Å². The van der Waals surface area contributed by atoms with Crippen molar-refractivity contribution in [1.29, 1.82) is 0 Å². The molecule has 0 amide bonds. The highest BCUT2D eigenvalue weighted by Gasteiger charge is 2.16. The van der Waals surface area contributed by atoms with E-state index >= 15 is 0 Å². The molecular weight excluding hydrogens is 296 g/mol. The van der Waals surface area contributed by atoms with E-state index in [1.807, 2.05) is 38.1 Å². The normalized spacial score (nSPS) is 12.0. The summed E-state index contributed by atoms with van der Waals surface area (Å²) in [6, 6.07) is 7.43. The standard InChI is InChI=1S/C18H24O5/c1-5-7-17(14(3)22-6-2)23-18(19)13-21-12-15-8-10-16(20-4)11-9-15/h5,7-11,17H,3,6,12-13H2,1-2,4H3/b7-5+. The highest BCUT2D eigenvalue weighted by Crippen LogP contribution is 2.12. The molecule has 0 heterocycles. The van der Waals surface area contributed by atoms with Crippen molar-refractivity contribution in [3.8, 4) is 5.75 Å². The molecule has 0 aromatic heterocycles. The van der Waals surface area contributed by atoms with Crippen LogP contribution in [0.5, 0.6) is 5.75 Å². The van der Waals surface area contributed by atoms with Gasteiger partial charge in [0.05, 0.1) is 20.3 Å². The summed E-state index contributed by atoms with van der Waals surface area (Å²) in [6.45, 7) is 8.09. The van der Waals surface area contributed by atoms with Crippen molar-refractivity contribution in [3.63, 3.8) is 0 Å². The zero-order valence-corrected chi connectivity index (χ0v) is 13.9. The molecule has 23 heavy (non-hydrogen) atoms. The van der Waals surface area contributed by atoms with Crippen LogP contribution < -0.4 is 4.74 Å². The Morgan fingerprint density at radius 2 is 2.00 bits per heavy atom. The van der Waals surface area contributed by atoms with Gasteiger partial charge in [0.15, 0.2) is 6.10 Å². The summed E-state index contributed by atoms with van der Waals surface area (Å²) in [5.74, 6) is 0.702. The second kappa shape index (κ2) is 10.5. The van der Waals surface area contributed by atoms with Crippen LogP contribution >= 0.6 is 0 Å². The van der Waals surface area contributed by atoms with Crippen LogP contribution in [0.15, 0.2) is 48.8 Å². The van der Waals surface area contributed by atoms with Crippen LogP contribution in [0.2, 0.25) is 0 Å². The fraction of sp³-hybridized carbons (Fsp3) is 0.389. The maximum Gasteiger partial charge on any atom is 0.333 e. The fourth-order valence-electron chi connectivity index (χ4n) is 1.80. The Morgan fingerprint density at radius 3 is 2.57 bits per heavy atom. The number of hydrogen-bond acceptors (Lipinski definition) is 5. The zero-order chi connectivity index (χ0) is 17.1. The molecule has 1 aromatic carbocycles. The van der Waals surface area contributed by atoms with Gasteiger partial charge in [-0.2, -0.15) is 0 Å². The summed E-state index contributed by atoms with van der Waals surface area (Å²) in [5.41, 5.74) is 0.947.